The molecule has 0 amide bonds. The van der Waals surface area contributed by atoms with Gasteiger partial charge in [0.2, 0.25) is 0 Å². The van der Waals surface area contributed by atoms with Gasteiger partial charge in [-0.25, -0.2) is 0 Å². The van der Waals surface area contributed by atoms with Crippen molar-refractivity contribution in [1.82, 2.24) is 0 Å². The summed E-state index contributed by atoms with van der Waals surface area (Å²) in [5, 5.41) is 0.272. The van der Waals surface area contributed by atoms with Gasteiger partial charge < -0.3 is 10.5 Å². The van der Waals surface area contributed by atoms with Crippen molar-refractivity contribution in [2.24, 2.45) is 5.73 Å². The highest BCUT2D eigenvalue weighted by atomic mass is 32.2. The van der Waals surface area contributed by atoms with Crippen LogP contribution in [0.15, 0.2) is 53.4 Å². The third-order valence-corrected chi connectivity index (χ3v) is 4.29. The molecule has 19 heavy (non-hydrogen) atoms. The van der Waals surface area contributed by atoms with Crippen molar-refractivity contribution in [3.05, 3.63) is 59.7 Å². The standard InChI is InChI=1S/C16H19NOS/c1-12-3-9-15(10-4-12)19-16(11-17)13-5-7-14(18-2)8-6-13/h3-10,16H,11,17H2,1-2H3. The predicted octanol–water partition coefficient (Wildman–Crippen LogP) is 3.80. The van der Waals surface area contributed by atoms with Crippen molar-refractivity contribution in [3.8, 4) is 5.75 Å². The number of aryl methyl sites for hydroxylation is 1. The summed E-state index contributed by atoms with van der Waals surface area (Å²) in [4.78, 5) is 1.25. The third-order valence-electron chi connectivity index (χ3n) is 3.00. The third kappa shape index (κ3) is 3.75. The van der Waals surface area contributed by atoms with E-state index < -0.39 is 0 Å². The average Bonchev–Trinajstić information content (AvgIpc) is 2.47. The van der Waals surface area contributed by atoms with E-state index in [2.05, 4.69) is 43.3 Å². The molecule has 0 aliphatic heterocycles. The number of rotatable bonds is 5. The lowest BCUT2D eigenvalue weighted by molar-refractivity contribution is 0.414. The number of thioether (sulfide) groups is 1. The molecule has 0 radical (unpaired) electrons. The van der Waals surface area contributed by atoms with E-state index in [1.807, 2.05) is 12.1 Å². The molecule has 1 atom stereocenters. The molecule has 0 saturated heterocycles. The van der Waals surface area contributed by atoms with Gasteiger partial charge in [0.25, 0.3) is 0 Å². The van der Waals surface area contributed by atoms with Crippen molar-refractivity contribution in [2.75, 3.05) is 13.7 Å². The average molecular weight is 273 g/mol. The molecule has 0 bridgehead atoms. The van der Waals surface area contributed by atoms with Gasteiger partial charge >= 0.3 is 0 Å². The van der Waals surface area contributed by atoms with Crippen LogP contribution in [0.3, 0.4) is 0 Å². The second-order valence-electron chi connectivity index (χ2n) is 4.43. The van der Waals surface area contributed by atoms with Crippen molar-refractivity contribution < 1.29 is 4.74 Å². The van der Waals surface area contributed by atoms with Crippen LogP contribution in [0.1, 0.15) is 16.4 Å². The molecule has 0 saturated carbocycles. The smallest absolute Gasteiger partial charge is 0.118 e. The van der Waals surface area contributed by atoms with Gasteiger partial charge in [-0.15, -0.1) is 11.8 Å². The zero-order valence-corrected chi connectivity index (χ0v) is 12.1. The van der Waals surface area contributed by atoms with Crippen molar-refractivity contribution in [1.29, 1.82) is 0 Å². The maximum atomic E-state index is 5.90. The lowest BCUT2D eigenvalue weighted by Gasteiger charge is -2.15. The van der Waals surface area contributed by atoms with E-state index in [9.17, 15) is 0 Å². The normalized spacial score (nSPS) is 12.2. The minimum atomic E-state index is 0.272. The zero-order valence-electron chi connectivity index (χ0n) is 11.3. The first-order chi connectivity index (χ1) is 9.22. The summed E-state index contributed by atoms with van der Waals surface area (Å²) in [5.74, 6) is 0.875. The molecule has 2 aromatic rings. The summed E-state index contributed by atoms with van der Waals surface area (Å²) >= 11 is 1.80. The summed E-state index contributed by atoms with van der Waals surface area (Å²) < 4.78 is 5.18. The first-order valence-corrected chi connectivity index (χ1v) is 7.18. The van der Waals surface area contributed by atoms with E-state index in [4.69, 9.17) is 10.5 Å². The molecule has 0 spiro atoms. The molecule has 2 aromatic carbocycles. The summed E-state index contributed by atoms with van der Waals surface area (Å²) in [7, 11) is 1.68. The van der Waals surface area contributed by atoms with E-state index >= 15 is 0 Å². The summed E-state index contributed by atoms with van der Waals surface area (Å²) in [5.41, 5.74) is 8.41. The Kier molecular flexibility index (Phi) is 4.88. The van der Waals surface area contributed by atoms with Crippen LogP contribution in [-0.2, 0) is 0 Å². The molecule has 3 heteroatoms. The Bertz CT molecular complexity index is 507. The molecular formula is C16H19NOS. The first-order valence-electron chi connectivity index (χ1n) is 6.30. The highest BCUT2D eigenvalue weighted by Crippen LogP contribution is 2.35. The molecule has 100 valence electrons. The van der Waals surface area contributed by atoms with Gasteiger partial charge in [0.05, 0.1) is 7.11 Å². The fourth-order valence-electron chi connectivity index (χ4n) is 1.85. The van der Waals surface area contributed by atoms with Crippen LogP contribution in [0.25, 0.3) is 0 Å². The Hall–Kier alpha value is -1.45. The monoisotopic (exact) mass is 273 g/mol. The van der Waals surface area contributed by atoms with Gasteiger partial charge in [-0.2, -0.15) is 0 Å². The van der Waals surface area contributed by atoms with Crippen LogP contribution in [0.4, 0.5) is 0 Å². The van der Waals surface area contributed by atoms with E-state index in [0.29, 0.717) is 6.54 Å². The predicted molar refractivity (Wildman–Crippen MR) is 81.8 cm³/mol. The minimum Gasteiger partial charge on any atom is -0.497 e. The van der Waals surface area contributed by atoms with E-state index in [1.165, 1.54) is 16.0 Å². The topological polar surface area (TPSA) is 35.2 Å². The Balaban J connectivity index is 2.12. The number of methoxy groups -OCH3 is 1. The fraction of sp³-hybridized carbons (Fsp3) is 0.250. The molecule has 0 aromatic heterocycles. The number of hydrogen-bond donors (Lipinski definition) is 1. The molecule has 0 aliphatic rings. The van der Waals surface area contributed by atoms with Crippen LogP contribution < -0.4 is 10.5 Å². The number of ether oxygens (including phenoxy) is 1. The second-order valence-corrected chi connectivity index (χ2v) is 5.70. The van der Waals surface area contributed by atoms with E-state index in [1.54, 1.807) is 18.9 Å². The fourth-order valence-corrected chi connectivity index (χ4v) is 2.86. The molecule has 0 heterocycles. The summed E-state index contributed by atoms with van der Waals surface area (Å²) in [6.45, 7) is 2.71. The highest BCUT2D eigenvalue weighted by Gasteiger charge is 2.11. The van der Waals surface area contributed by atoms with Crippen molar-refractivity contribution >= 4 is 11.8 Å². The van der Waals surface area contributed by atoms with E-state index in [-0.39, 0.29) is 5.25 Å². The summed E-state index contributed by atoms with van der Waals surface area (Å²) in [6, 6.07) is 16.7. The maximum absolute atomic E-state index is 5.90. The lowest BCUT2D eigenvalue weighted by atomic mass is 10.1. The van der Waals surface area contributed by atoms with Gasteiger partial charge in [0, 0.05) is 16.7 Å². The van der Waals surface area contributed by atoms with Gasteiger partial charge in [-0.05, 0) is 36.8 Å². The molecule has 0 fully saturated rings. The minimum absolute atomic E-state index is 0.272. The van der Waals surface area contributed by atoms with Gasteiger partial charge in [-0.1, -0.05) is 29.8 Å². The molecule has 1 unspecified atom stereocenters. The van der Waals surface area contributed by atoms with Crippen LogP contribution >= 0.6 is 11.8 Å². The SMILES string of the molecule is COc1ccc(C(CN)Sc2ccc(C)cc2)cc1. The van der Waals surface area contributed by atoms with Crippen molar-refractivity contribution in [3.63, 3.8) is 0 Å². The van der Waals surface area contributed by atoms with Crippen LogP contribution in [0, 0.1) is 6.92 Å². The zero-order chi connectivity index (χ0) is 13.7. The van der Waals surface area contributed by atoms with Gasteiger partial charge in [-0.3, -0.25) is 0 Å². The van der Waals surface area contributed by atoms with Gasteiger partial charge in [0.15, 0.2) is 0 Å². The Morgan fingerprint density at radius 3 is 2.21 bits per heavy atom. The molecule has 2 N–H and O–H groups in total. The molecular weight excluding hydrogens is 254 g/mol. The number of hydrogen-bond acceptors (Lipinski definition) is 3. The molecule has 0 aliphatic carbocycles. The quantitative estimate of drug-likeness (QED) is 0.842. The first kappa shape index (κ1) is 14.0. The number of benzene rings is 2. The Morgan fingerprint density at radius 1 is 1.05 bits per heavy atom. The molecule has 2 nitrogen and oxygen atoms in total. The number of nitrogens with two attached hydrogens (primary N) is 1. The largest absolute Gasteiger partial charge is 0.497 e. The van der Waals surface area contributed by atoms with Gasteiger partial charge in [0.1, 0.15) is 5.75 Å². The van der Waals surface area contributed by atoms with E-state index in [0.717, 1.165) is 5.75 Å². The Labute approximate surface area is 119 Å². The van der Waals surface area contributed by atoms with Crippen LogP contribution in [0.2, 0.25) is 0 Å². The van der Waals surface area contributed by atoms with Crippen molar-refractivity contribution in [2.45, 2.75) is 17.1 Å². The summed E-state index contributed by atoms with van der Waals surface area (Å²) in [6.07, 6.45) is 0. The molecule has 2 rings (SSSR count). The Morgan fingerprint density at radius 2 is 1.68 bits per heavy atom. The van der Waals surface area contributed by atoms with Crippen LogP contribution in [0.5, 0.6) is 5.75 Å². The lowest BCUT2D eigenvalue weighted by Crippen LogP contribution is -2.09. The second kappa shape index (κ2) is 6.64. The van der Waals surface area contributed by atoms with Crippen LogP contribution in [-0.4, -0.2) is 13.7 Å². The highest BCUT2D eigenvalue weighted by molar-refractivity contribution is 7.99. The maximum Gasteiger partial charge on any atom is 0.118 e.